The first kappa shape index (κ1) is 15.8. The zero-order valence-electron chi connectivity index (χ0n) is 10.8. The molecular formula is C13H20BrClN2O. The molecule has 0 radical (unpaired) electrons. The van der Waals surface area contributed by atoms with E-state index in [9.17, 15) is 0 Å². The van der Waals surface area contributed by atoms with Gasteiger partial charge in [-0.1, -0.05) is 6.07 Å². The van der Waals surface area contributed by atoms with Gasteiger partial charge in [0.25, 0.3) is 0 Å². The Bertz CT molecular complexity index is 389. The summed E-state index contributed by atoms with van der Waals surface area (Å²) in [7, 11) is 3.73. The number of hydrogen-bond acceptors (Lipinski definition) is 3. The van der Waals surface area contributed by atoms with Crippen LogP contribution in [0.4, 0.5) is 0 Å². The van der Waals surface area contributed by atoms with E-state index >= 15 is 0 Å². The summed E-state index contributed by atoms with van der Waals surface area (Å²) >= 11 is 3.53. The van der Waals surface area contributed by atoms with Crippen molar-refractivity contribution in [1.29, 1.82) is 0 Å². The van der Waals surface area contributed by atoms with E-state index in [1.54, 1.807) is 7.11 Å². The van der Waals surface area contributed by atoms with Crippen molar-refractivity contribution in [2.75, 3.05) is 27.2 Å². The number of benzene rings is 1. The zero-order valence-corrected chi connectivity index (χ0v) is 13.2. The highest BCUT2D eigenvalue weighted by Gasteiger charge is 2.20. The van der Waals surface area contributed by atoms with Crippen molar-refractivity contribution in [3.05, 3.63) is 28.2 Å². The Balaban J connectivity index is 0.00000162. The lowest BCUT2D eigenvalue weighted by Gasteiger charge is -2.16. The first-order valence-corrected chi connectivity index (χ1v) is 6.74. The first-order chi connectivity index (χ1) is 8.22. The Morgan fingerprint density at radius 2 is 2.28 bits per heavy atom. The van der Waals surface area contributed by atoms with E-state index in [2.05, 4.69) is 38.3 Å². The second-order valence-electron chi connectivity index (χ2n) is 4.48. The van der Waals surface area contributed by atoms with Gasteiger partial charge in [0.05, 0.1) is 11.6 Å². The Kier molecular flexibility index (Phi) is 6.43. The SMILES string of the molecule is CNC1CCN(Cc2ccc(OC)c(Br)c2)C1.Cl. The fraction of sp³-hybridized carbons (Fsp3) is 0.538. The quantitative estimate of drug-likeness (QED) is 0.915. The lowest BCUT2D eigenvalue weighted by Crippen LogP contribution is -2.29. The van der Waals surface area contributed by atoms with Crippen LogP contribution in [0.15, 0.2) is 22.7 Å². The molecule has 102 valence electrons. The molecule has 1 N–H and O–H groups in total. The van der Waals surface area contributed by atoms with Crippen molar-refractivity contribution in [1.82, 2.24) is 10.2 Å². The van der Waals surface area contributed by atoms with Gasteiger partial charge in [-0.05, 0) is 47.1 Å². The summed E-state index contributed by atoms with van der Waals surface area (Å²) in [6.45, 7) is 3.33. The Morgan fingerprint density at radius 3 is 2.83 bits per heavy atom. The number of halogens is 2. The minimum absolute atomic E-state index is 0. The molecule has 1 atom stereocenters. The van der Waals surface area contributed by atoms with E-state index in [-0.39, 0.29) is 12.4 Å². The van der Waals surface area contributed by atoms with Crippen molar-refractivity contribution in [3.8, 4) is 5.75 Å². The number of rotatable bonds is 4. The van der Waals surface area contributed by atoms with Crippen molar-refractivity contribution < 1.29 is 4.74 Å². The number of ether oxygens (including phenoxy) is 1. The molecular weight excluding hydrogens is 316 g/mol. The molecule has 1 aromatic rings. The Hall–Kier alpha value is -0.290. The van der Waals surface area contributed by atoms with Gasteiger partial charge in [-0.25, -0.2) is 0 Å². The molecule has 18 heavy (non-hydrogen) atoms. The number of nitrogens with one attached hydrogen (secondary N) is 1. The van der Waals surface area contributed by atoms with Crippen LogP contribution in [0.25, 0.3) is 0 Å². The van der Waals surface area contributed by atoms with Crippen LogP contribution in [-0.4, -0.2) is 38.2 Å². The summed E-state index contributed by atoms with van der Waals surface area (Å²) < 4.78 is 6.26. The van der Waals surface area contributed by atoms with E-state index in [1.807, 2.05) is 13.1 Å². The number of hydrogen-bond donors (Lipinski definition) is 1. The van der Waals surface area contributed by atoms with Crippen LogP contribution in [0.3, 0.4) is 0 Å². The van der Waals surface area contributed by atoms with Gasteiger partial charge in [0.1, 0.15) is 5.75 Å². The monoisotopic (exact) mass is 334 g/mol. The van der Waals surface area contributed by atoms with E-state index in [1.165, 1.54) is 18.5 Å². The molecule has 5 heteroatoms. The summed E-state index contributed by atoms with van der Waals surface area (Å²) in [6, 6.07) is 6.95. The molecule has 1 saturated heterocycles. The molecule has 1 aromatic carbocycles. The maximum absolute atomic E-state index is 5.23. The van der Waals surface area contributed by atoms with Crippen LogP contribution >= 0.6 is 28.3 Å². The van der Waals surface area contributed by atoms with Crippen molar-refractivity contribution in [2.45, 2.75) is 19.0 Å². The van der Waals surface area contributed by atoms with E-state index in [0.29, 0.717) is 6.04 Å². The number of nitrogens with zero attached hydrogens (tertiary/aromatic N) is 1. The predicted octanol–water partition coefficient (Wildman–Crippen LogP) is 2.67. The minimum Gasteiger partial charge on any atom is -0.496 e. The molecule has 1 heterocycles. The van der Waals surface area contributed by atoms with E-state index in [0.717, 1.165) is 23.3 Å². The molecule has 1 aliphatic heterocycles. The van der Waals surface area contributed by atoms with Gasteiger partial charge in [-0.3, -0.25) is 4.90 Å². The molecule has 0 bridgehead atoms. The lowest BCUT2D eigenvalue weighted by molar-refractivity contribution is 0.322. The fourth-order valence-corrected chi connectivity index (χ4v) is 2.87. The molecule has 1 aliphatic rings. The minimum atomic E-state index is 0. The highest BCUT2D eigenvalue weighted by Crippen LogP contribution is 2.26. The number of methoxy groups -OCH3 is 1. The van der Waals surface area contributed by atoms with Gasteiger partial charge in [-0.15, -0.1) is 12.4 Å². The molecule has 0 amide bonds. The van der Waals surface area contributed by atoms with Crippen LogP contribution in [0.1, 0.15) is 12.0 Å². The van der Waals surface area contributed by atoms with Gasteiger partial charge < -0.3 is 10.1 Å². The van der Waals surface area contributed by atoms with Crippen LogP contribution in [0, 0.1) is 0 Å². The third kappa shape index (κ3) is 3.85. The Labute approximate surface area is 123 Å². The summed E-state index contributed by atoms with van der Waals surface area (Å²) in [5, 5.41) is 3.34. The zero-order chi connectivity index (χ0) is 12.3. The maximum atomic E-state index is 5.23. The first-order valence-electron chi connectivity index (χ1n) is 5.95. The molecule has 1 unspecified atom stereocenters. The van der Waals surface area contributed by atoms with Crippen LogP contribution in [-0.2, 0) is 6.54 Å². The number of likely N-dealkylation sites (N-methyl/N-ethyl adjacent to an activating group) is 1. The summed E-state index contributed by atoms with van der Waals surface area (Å²) in [4.78, 5) is 2.48. The smallest absolute Gasteiger partial charge is 0.133 e. The topological polar surface area (TPSA) is 24.5 Å². The van der Waals surface area contributed by atoms with Crippen LogP contribution < -0.4 is 10.1 Å². The molecule has 0 spiro atoms. The second-order valence-corrected chi connectivity index (χ2v) is 5.33. The molecule has 0 aromatic heterocycles. The standard InChI is InChI=1S/C13H19BrN2O.ClH/c1-15-11-5-6-16(9-11)8-10-3-4-13(17-2)12(14)7-10;/h3-4,7,11,15H,5-6,8-9H2,1-2H3;1H. The summed E-state index contributed by atoms with van der Waals surface area (Å²) in [5.41, 5.74) is 1.33. The largest absolute Gasteiger partial charge is 0.496 e. The normalized spacial score (nSPS) is 19.6. The highest BCUT2D eigenvalue weighted by molar-refractivity contribution is 9.10. The molecule has 3 nitrogen and oxygen atoms in total. The maximum Gasteiger partial charge on any atom is 0.133 e. The van der Waals surface area contributed by atoms with Crippen molar-refractivity contribution >= 4 is 28.3 Å². The average Bonchev–Trinajstić information content (AvgIpc) is 2.77. The van der Waals surface area contributed by atoms with Crippen LogP contribution in [0.2, 0.25) is 0 Å². The average molecular weight is 336 g/mol. The lowest BCUT2D eigenvalue weighted by atomic mass is 10.2. The molecule has 0 saturated carbocycles. The number of likely N-dealkylation sites (tertiary alicyclic amines) is 1. The molecule has 0 aliphatic carbocycles. The van der Waals surface area contributed by atoms with Gasteiger partial charge in [0.2, 0.25) is 0 Å². The van der Waals surface area contributed by atoms with Gasteiger partial charge in [0.15, 0.2) is 0 Å². The van der Waals surface area contributed by atoms with Crippen molar-refractivity contribution in [3.63, 3.8) is 0 Å². The van der Waals surface area contributed by atoms with Gasteiger partial charge >= 0.3 is 0 Å². The van der Waals surface area contributed by atoms with Crippen molar-refractivity contribution in [2.24, 2.45) is 0 Å². The van der Waals surface area contributed by atoms with Gasteiger partial charge in [0, 0.05) is 25.7 Å². The second kappa shape index (κ2) is 7.34. The summed E-state index contributed by atoms with van der Waals surface area (Å²) in [5.74, 6) is 0.892. The molecule has 2 rings (SSSR count). The molecule has 1 fully saturated rings. The van der Waals surface area contributed by atoms with Gasteiger partial charge in [-0.2, -0.15) is 0 Å². The van der Waals surface area contributed by atoms with E-state index in [4.69, 9.17) is 4.74 Å². The van der Waals surface area contributed by atoms with Crippen LogP contribution in [0.5, 0.6) is 5.75 Å². The highest BCUT2D eigenvalue weighted by atomic mass is 79.9. The predicted molar refractivity (Wildman–Crippen MR) is 80.7 cm³/mol. The third-order valence-corrected chi connectivity index (χ3v) is 3.92. The fourth-order valence-electron chi connectivity index (χ4n) is 2.28. The van der Waals surface area contributed by atoms with E-state index < -0.39 is 0 Å². The third-order valence-electron chi connectivity index (χ3n) is 3.30. The summed E-state index contributed by atoms with van der Waals surface area (Å²) in [6.07, 6.45) is 1.24. The Morgan fingerprint density at radius 1 is 1.50 bits per heavy atom.